The maximum Gasteiger partial charge on any atom is 0.194 e. The molecule has 0 saturated carbocycles. The van der Waals surface area contributed by atoms with E-state index in [4.69, 9.17) is 0 Å². The minimum absolute atomic E-state index is 0.164. The first-order chi connectivity index (χ1) is 8.88. The van der Waals surface area contributed by atoms with Gasteiger partial charge in [-0.3, -0.25) is 4.99 Å². The molecule has 1 fully saturated rings. The van der Waals surface area contributed by atoms with E-state index >= 15 is 0 Å². The molecule has 1 aromatic rings. The molecule has 0 aromatic carbocycles. The van der Waals surface area contributed by atoms with E-state index in [9.17, 15) is 0 Å². The van der Waals surface area contributed by atoms with Crippen LogP contribution >= 0.6 is 11.3 Å². The highest BCUT2D eigenvalue weighted by Gasteiger charge is 2.53. The van der Waals surface area contributed by atoms with Crippen LogP contribution < -0.4 is 5.32 Å². The summed E-state index contributed by atoms with van der Waals surface area (Å²) in [5.74, 6) is 1.03. The van der Waals surface area contributed by atoms with E-state index in [2.05, 4.69) is 59.7 Å². The van der Waals surface area contributed by atoms with Crippen LogP contribution in [0, 0.1) is 5.41 Å². The van der Waals surface area contributed by atoms with Crippen LogP contribution in [0.25, 0.3) is 0 Å². The molecular formula is C15H25N3S. The SMILES string of the molecule is CN=C(NCCc1ccsc1)N1CC(C)(C)C1(C)C. The summed E-state index contributed by atoms with van der Waals surface area (Å²) in [6.07, 6.45) is 1.06. The third kappa shape index (κ3) is 2.64. The summed E-state index contributed by atoms with van der Waals surface area (Å²) >= 11 is 1.76. The van der Waals surface area contributed by atoms with Crippen molar-refractivity contribution in [2.75, 3.05) is 20.1 Å². The lowest BCUT2D eigenvalue weighted by atomic mass is 9.65. The number of thiophene rings is 1. The Bertz CT molecular complexity index is 446. The van der Waals surface area contributed by atoms with E-state index in [0.29, 0.717) is 5.41 Å². The largest absolute Gasteiger partial charge is 0.356 e. The van der Waals surface area contributed by atoms with E-state index in [1.54, 1.807) is 11.3 Å². The number of guanidine groups is 1. The van der Waals surface area contributed by atoms with Gasteiger partial charge in [0.1, 0.15) is 0 Å². The van der Waals surface area contributed by atoms with Crippen LogP contribution in [0.1, 0.15) is 33.3 Å². The van der Waals surface area contributed by atoms with Gasteiger partial charge in [-0.25, -0.2) is 0 Å². The summed E-state index contributed by atoms with van der Waals surface area (Å²) < 4.78 is 0. The van der Waals surface area contributed by atoms with Gasteiger partial charge in [0.15, 0.2) is 5.96 Å². The smallest absolute Gasteiger partial charge is 0.194 e. The van der Waals surface area contributed by atoms with Crippen molar-refractivity contribution < 1.29 is 0 Å². The lowest BCUT2D eigenvalue weighted by molar-refractivity contribution is -0.0666. The van der Waals surface area contributed by atoms with Crippen LogP contribution in [0.5, 0.6) is 0 Å². The maximum atomic E-state index is 4.42. The van der Waals surface area contributed by atoms with Crippen molar-refractivity contribution in [1.29, 1.82) is 0 Å². The fourth-order valence-corrected chi connectivity index (χ4v) is 3.15. The monoisotopic (exact) mass is 279 g/mol. The molecule has 0 amide bonds. The second-order valence-electron chi connectivity index (χ2n) is 6.38. The zero-order valence-corrected chi connectivity index (χ0v) is 13.5. The van der Waals surface area contributed by atoms with Gasteiger partial charge in [-0.05, 0) is 42.7 Å². The highest BCUT2D eigenvalue weighted by Crippen LogP contribution is 2.46. The molecule has 1 aromatic heterocycles. The predicted octanol–water partition coefficient (Wildman–Crippen LogP) is 2.99. The highest BCUT2D eigenvalue weighted by atomic mass is 32.1. The molecule has 0 aliphatic carbocycles. The molecule has 3 nitrogen and oxygen atoms in total. The number of hydrogen-bond donors (Lipinski definition) is 1. The van der Waals surface area contributed by atoms with Crippen LogP contribution in [0.4, 0.5) is 0 Å². The van der Waals surface area contributed by atoms with Crippen molar-refractivity contribution in [1.82, 2.24) is 10.2 Å². The fourth-order valence-electron chi connectivity index (χ4n) is 2.45. The van der Waals surface area contributed by atoms with Crippen LogP contribution in [0.2, 0.25) is 0 Å². The van der Waals surface area contributed by atoms with Crippen molar-refractivity contribution in [2.45, 2.75) is 39.7 Å². The van der Waals surface area contributed by atoms with Crippen molar-refractivity contribution >= 4 is 17.3 Å². The third-order valence-corrected chi connectivity index (χ3v) is 5.36. The van der Waals surface area contributed by atoms with Gasteiger partial charge in [-0.15, -0.1) is 0 Å². The first kappa shape index (κ1) is 14.4. The molecule has 1 saturated heterocycles. The topological polar surface area (TPSA) is 27.6 Å². The van der Waals surface area contributed by atoms with Crippen molar-refractivity contribution in [2.24, 2.45) is 10.4 Å². The zero-order chi connectivity index (χ0) is 14.1. The van der Waals surface area contributed by atoms with Gasteiger partial charge >= 0.3 is 0 Å². The molecular weight excluding hydrogens is 254 g/mol. The third-order valence-electron chi connectivity index (χ3n) is 4.63. The van der Waals surface area contributed by atoms with Crippen molar-refractivity contribution in [3.63, 3.8) is 0 Å². The molecule has 19 heavy (non-hydrogen) atoms. The van der Waals surface area contributed by atoms with E-state index in [-0.39, 0.29) is 5.54 Å². The Morgan fingerprint density at radius 1 is 1.42 bits per heavy atom. The van der Waals surface area contributed by atoms with Gasteiger partial charge < -0.3 is 10.2 Å². The summed E-state index contributed by atoms with van der Waals surface area (Å²) in [5, 5.41) is 7.82. The van der Waals surface area contributed by atoms with Crippen LogP contribution in [-0.2, 0) is 6.42 Å². The van der Waals surface area contributed by atoms with E-state index in [1.165, 1.54) is 5.56 Å². The number of aliphatic imine (C=N–C) groups is 1. The Kier molecular flexibility index (Phi) is 3.90. The highest BCUT2D eigenvalue weighted by molar-refractivity contribution is 7.07. The number of likely N-dealkylation sites (tertiary alicyclic amines) is 1. The Labute approximate surface area is 120 Å². The van der Waals surface area contributed by atoms with Gasteiger partial charge in [0.2, 0.25) is 0 Å². The first-order valence-corrected chi connectivity index (χ1v) is 7.82. The van der Waals surface area contributed by atoms with Crippen molar-refractivity contribution in [3.8, 4) is 0 Å². The number of nitrogens with zero attached hydrogens (tertiary/aromatic N) is 2. The normalized spacial score (nSPS) is 21.1. The van der Waals surface area contributed by atoms with Crippen LogP contribution in [0.15, 0.2) is 21.8 Å². The molecule has 4 heteroatoms. The molecule has 2 heterocycles. The summed E-state index contributed by atoms with van der Waals surface area (Å²) in [4.78, 5) is 6.80. The maximum absolute atomic E-state index is 4.42. The van der Waals surface area contributed by atoms with E-state index in [0.717, 1.165) is 25.5 Å². The van der Waals surface area contributed by atoms with Gasteiger partial charge in [0, 0.05) is 31.1 Å². The summed E-state index contributed by atoms with van der Waals surface area (Å²) in [6.45, 7) is 11.2. The Balaban J connectivity index is 1.89. The summed E-state index contributed by atoms with van der Waals surface area (Å²) in [5.41, 5.74) is 1.91. The minimum atomic E-state index is 0.164. The standard InChI is InChI=1S/C15H25N3S/c1-14(2)11-18(15(14,3)4)13(16-5)17-8-6-12-7-9-19-10-12/h7,9-10H,6,8,11H2,1-5H3,(H,16,17). The molecule has 2 rings (SSSR count). The Hall–Kier alpha value is -1.03. The number of rotatable bonds is 3. The lowest BCUT2D eigenvalue weighted by Gasteiger charge is -2.62. The Morgan fingerprint density at radius 3 is 2.63 bits per heavy atom. The van der Waals surface area contributed by atoms with Crippen LogP contribution in [0.3, 0.4) is 0 Å². The second-order valence-corrected chi connectivity index (χ2v) is 7.16. The number of nitrogens with one attached hydrogen (secondary N) is 1. The first-order valence-electron chi connectivity index (χ1n) is 6.88. The van der Waals surface area contributed by atoms with Gasteiger partial charge in [-0.1, -0.05) is 13.8 Å². The van der Waals surface area contributed by atoms with Crippen LogP contribution in [-0.4, -0.2) is 36.5 Å². The lowest BCUT2D eigenvalue weighted by Crippen LogP contribution is -2.72. The Morgan fingerprint density at radius 2 is 2.16 bits per heavy atom. The average Bonchev–Trinajstić information content (AvgIpc) is 2.85. The molecule has 1 N–H and O–H groups in total. The van der Waals surface area contributed by atoms with Gasteiger partial charge in [-0.2, -0.15) is 11.3 Å². The zero-order valence-electron chi connectivity index (χ0n) is 12.7. The molecule has 106 valence electrons. The average molecular weight is 279 g/mol. The van der Waals surface area contributed by atoms with E-state index in [1.807, 2.05) is 7.05 Å². The van der Waals surface area contributed by atoms with Gasteiger partial charge in [0.05, 0.1) is 0 Å². The quantitative estimate of drug-likeness (QED) is 0.680. The molecule has 0 bridgehead atoms. The fraction of sp³-hybridized carbons (Fsp3) is 0.667. The molecule has 0 atom stereocenters. The molecule has 0 radical (unpaired) electrons. The molecule has 1 aliphatic heterocycles. The molecule has 0 spiro atoms. The summed E-state index contributed by atoms with van der Waals surface area (Å²) in [7, 11) is 1.87. The molecule has 0 unspecified atom stereocenters. The predicted molar refractivity (Wildman–Crippen MR) is 84.0 cm³/mol. The van der Waals surface area contributed by atoms with Crippen molar-refractivity contribution in [3.05, 3.63) is 22.4 Å². The van der Waals surface area contributed by atoms with E-state index < -0.39 is 0 Å². The second kappa shape index (κ2) is 5.16. The minimum Gasteiger partial charge on any atom is -0.356 e. The molecule has 1 aliphatic rings. The number of hydrogen-bond acceptors (Lipinski definition) is 2. The summed E-state index contributed by atoms with van der Waals surface area (Å²) in [6, 6.07) is 2.19. The van der Waals surface area contributed by atoms with Gasteiger partial charge in [0.25, 0.3) is 0 Å².